The van der Waals surface area contributed by atoms with Crippen molar-refractivity contribution in [1.29, 1.82) is 0 Å². The molecule has 128 valence electrons. The van der Waals surface area contributed by atoms with Crippen molar-refractivity contribution in [2.24, 2.45) is 0 Å². The van der Waals surface area contributed by atoms with Gasteiger partial charge >= 0.3 is 0 Å². The van der Waals surface area contributed by atoms with E-state index in [2.05, 4.69) is 10.4 Å². The number of nitrogens with one attached hydrogen (secondary N) is 1. The summed E-state index contributed by atoms with van der Waals surface area (Å²) in [6.45, 7) is 2.34. The molecule has 25 heavy (non-hydrogen) atoms. The molecule has 0 unspecified atom stereocenters. The number of aromatic nitrogens is 2. The average molecular weight is 356 g/mol. The van der Waals surface area contributed by atoms with E-state index in [9.17, 15) is 4.79 Å². The molecule has 0 bridgehead atoms. The Kier molecular flexibility index (Phi) is 5.16. The number of nitrogens with zero attached hydrogens (tertiary/aromatic N) is 2. The number of rotatable bonds is 5. The first-order valence-electron chi connectivity index (χ1n) is 7.78. The number of halogens is 1. The van der Waals surface area contributed by atoms with E-state index in [1.807, 2.05) is 43.3 Å². The summed E-state index contributed by atoms with van der Waals surface area (Å²) in [5.74, 6) is 0.398. The van der Waals surface area contributed by atoms with Gasteiger partial charge in [0.25, 0.3) is 5.91 Å². The van der Waals surface area contributed by atoms with Crippen LogP contribution in [0.2, 0.25) is 5.02 Å². The summed E-state index contributed by atoms with van der Waals surface area (Å²) in [7, 11) is 1.63. The predicted octanol–water partition coefficient (Wildman–Crippen LogP) is 4.23. The standard InChI is InChI=1S/C19H18ClN3O2/c1-13-10-18(23(22-13)17-8-6-16(20)7-9-17)21-19(24)15-5-3-4-14(11-15)12-25-2/h3-11H,12H2,1-2H3,(H,21,24). The zero-order valence-corrected chi connectivity index (χ0v) is 14.7. The van der Waals surface area contributed by atoms with Gasteiger partial charge in [-0.2, -0.15) is 5.10 Å². The van der Waals surface area contributed by atoms with Crippen molar-refractivity contribution < 1.29 is 9.53 Å². The summed E-state index contributed by atoms with van der Waals surface area (Å²) in [6.07, 6.45) is 0. The highest BCUT2D eigenvalue weighted by Crippen LogP contribution is 2.20. The molecule has 5 nitrogen and oxygen atoms in total. The van der Waals surface area contributed by atoms with Crippen molar-refractivity contribution in [3.8, 4) is 5.69 Å². The number of ether oxygens (including phenoxy) is 1. The van der Waals surface area contributed by atoms with E-state index in [-0.39, 0.29) is 5.91 Å². The van der Waals surface area contributed by atoms with Gasteiger partial charge in [-0.15, -0.1) is 0 Å². The van der Waals surface area contributed by atoms with Crippen LogP contribution in [0.3, 0.4) is 0 Å². The molecule has 3 aromatic rings. The quantitative estimate of drug-likeness (QED) is 0.745. The molecular weight excluding hydrogens is 338 g/mol. The SMILES string of the molecule is COCc1cccc(C(=O)Nc2cc(C)nn2-c2ccc(Cl)cc2)c1. The molecule has 0 fully saturated rings. The Morgan fingerprint density at radius 3 is 2.68 bits per heavy atom. The molecule has 0 spiro atoms. The third kappa shape index (κ3) is 4.07. The van der Waals surface area contributed by atoms with Crippen LogP contribution in [0.15, 0.2) is 54.6 Å². The fourth-order valence-electron chi connectivity index (χ4n) is 2.53. The smallest absolute Gasteiger partial charge is 0.256 e. The van der Waals surface area contributed by atoms with E-state index in [1.165, 1.54) is 0 Å². The van der Waals surface area contributed by atoms with Crippen LogP contribution in [0.1, 0.15) is 21.6 Å². The zero-order chi connectivity index (χ0) is 17.8. The van der Waals surface area contributed by atoms with Crippen LogP contribution in [0.25, 0.3) is 5.69 Å². The van der Waals surface area contributed by atoms with Gasteiger partial charge in [0, 0.05) is 23.8 Å². The predicted molar refractivity (Wildman–Crippen MR) is 98.4 cm³/mol. The Labute approximate surface area is 151 Å². The van der Waals surface area contributed by atoms with E-state index in [0.717, 1.165) is 16.9 Å². The van der Waals surface area contributed by atoms with E-state index in [1.54, 1.807) is 30.0 Å². The number of benzene rings is 2. The number of hydrogen-bond acceptors (Lipinski definition) is 3. The maximum Gasteiger partial charge on any atom is 0.256 e. The molecule has 1 aromatic heterocycles. The molecule has 0 saturated carbocycles. The molecule has 0 saturated heterocycles. The van der Waals surface area contributed by atoms with Crippen molar-refractivity contribution in [3.05, 3.63) is 76.4 Å². The summed E-state index contributed by atoms with van der Waals surface area (Å²) < 4.78 is 6.80. The molecule has 6 heteroatoms. The Hall–Kier alpha value is -2.63. The molecule has 1 N–H and O–H groups in total. The molecule has 0 aliphatic heterocycles. The van der Waals surface area contributed by atoms with Gasteiger partial charge in [0.1, 0.15) is 5.82 Å². The van der Waals surface area contributed by atoms with Crippen molar-refractivity contribution in [1.82, 2.24) is 9.78 Å². The van der Waals surface area contributed by atoms with E-state index in [0.29, 0.717) is 23.0 Å². The highest BCUT2D eigenvalue weighted by Gasteiger charge is 2.13. The number of anilines is 1. The normalized spacial score (nSPS) is 10.7. The molecule has 0 aliphatic rings. The number of hydrogen-bond donors (Lipinski definition) is 1. The molecule has 3 rings (SSSR count). The zero-order valence-electron chi connectivity index (χ0n) is 14.0. The van der Waals surface area contributed by atoms with Crippen LogP contribution in [-0.4, -0.2) is 22.8 Å². The number of carbonyl (C=O) groups excluding carboxylic acids is 1. The topological polar surface area (TPSA) is 56.1 Å². The van der Waals surface area contributed by atoms with Crippen LogP contribution < -0.4 is 5.32 Å². The molecule has 1 heterocycles. The lowest BCUT2D eigenvalue weighted by Crippen LogP contribution is -2.15. The van der Waals surface area contributed by atoms with E-state index >= 15 is 0 Å². The first-order chi connectivity index (χ1) is 12.1. The van der Waals surface area contributed by atoms with Crippen LogP contribution in [0.4, 0.5) is 5.82 Å². The fraction of sp³-hybridized carbons (Fsp3) is 0.158. The Bertz CT molecular complexity index is 888. The van der Waals surface area contributed by atoms with Gasteiger partial charge in [-0.1, -0.05) is 23.7 Å². The minimum Gasteiger partial charge on any atom is -0.380 e. The van der Waals surface area contributed by atoms with Crippen LogP contribution in [0, 0.1) is 6.92 Å². The second-order valence-electron chi connectivity index (χ2n) is 5.65. The molecule has 2 aromatic carbocycles. The molecule has 0 aliphatic carbocycles. The number of aryl methyl sites for hydroxylation is 1. The Balaban J connectivity index is 1.87. The van der Waals surface area contributed by atoms with Crippen molar-refractivity contribution >= 4 is 23.3 Å². The lowest BCUT2D eigenvalue weighted by molar-refractivity contribution is 0.102. The van der Waals surface area contributed by atoms with E-state index < -0.39 is 0 Å². The number of methoxy groups -OCH3 is 1. The minimum absolute atomic E-state index is 0.201. The van der Waals surface area contributed by atoms with Crippen LogP contribution in [-0.2, 0) is 11.3 Å². The number of amides is 1. The first kappa shape index (κ1) is 17.2. The summed E-state index contributed by atoms with van der Waals surface area (Å²) >= 11 is 5.94. The first-order valence-corrected chi connectivity index (χ1v) is 8.16. The van der Waals surface area contributed by atoms with Gasteiger partial charge in [0.15, 0.2) is 0 Å². The lowest BCUT2D eigenvalue weighted by atomic mass is 10.1. The molecule has 0 atom stereocenters. The van der Waals surface area contributed by atoms with Gasteiger partial charge in [-0.05, 0) is 48.9 Å². The molecule has 1 amide bonds. The van der Waals surface area contributed by atoms with Crippen LogP contribution >= 0.6 is 11.6 Å². The largest absolute Gasteiger partial charge is 0.380 e. The summed E-state index contributed by atoms with van der Waals surface area (Å²) in [5, 5.41) is 8.01. The third-order valence-corrected chi connectivity index (χ3v) is 3.90. The van der Waals surface area contributed by atoms with Crippen molar-refractivity contribution in [3.63, 3.8) is 0 Å². The van der Waals surface area contributed by atoms with Gasteiger partial charge in [0.2, 0.25) is 0 Å². The summed E-state index contributed by atoms with van der Waals surface area (Å²) in [6, 6.07) is 16.4. The van der Waals surface area contributed by atoms with E-state index in [4.69, 9.17) is 16.3 Å². The maximum absolute atomic E-state index is 12.6. The van der Waals surface area contributed by atoms with Gasteiger partial charge < -0.3 is 10.1 Å². The molecular formula is C19H18ClN3O2. The monoisotopic (exact) mass is 355 g/mol. The lowest BCUT2D eigenvalue weighted by Gasteiger charge is -2.10. The van der Waals surface area contributed by atoms with Crippen molar-refractivity contribution in [2.75, 3.05) is 12.4 Å². The van der Waals surface area contributed by atoms with Gasteiger partial charge in [-0.25, -0.2) is 4.68 Å². The average Bonchev–Trinajstić information content (AvgIpc) is 2.96. The molecule has 0 radical (unpaired) electrons. The maximum atomic E-state index is 12.6. The summed E-state index contributed by atoms with van der Waals surface area (Å²) in [5.41, 5.74) is 3.13. The third-order valence-electron chi connectivity index (χ3n) is 3.64. The van der Waals surface area contributed by atoms with Gasteiger partial charge in [-0.3, -0.25) is 4.79 Å². The Morgan fingerprint density at radius 2 is 1.96 bits per heavy atom. The second kappa shape index (κ2) is 7.51. The minimum atomic E-state index is -0.201. The highest BCUT2D eigenvalue weighted by atomic mass is 35.5. The van der Waals surface area contributed by atoms with Crippen molar-refractivity contribution in [2.45, 2.75) is 13.5 Å². The highest BCUT2D eigenvalue weighted by molar-refractivity contribution is 6.30. The fourth-order valence-corrected chi connectivity index (χ4v) is 2.65. The summed E-state index contributed by atoms with van der Waals surface area (Å²) in [4.78, 5) is 12.6. The second-order valence-corrected chi connectivity index (χ2v) is 6.08. The van der Waals surface area contributed by atoms with Gasteiger partial charge in [0.05, 0.1) is 18.0 Å². The Morgan fingerprint density at radius 1 is 1.20 bits per heavy atom. The number of carbonyl (C=O) groups is 1. The van der Waals surface area contributed by atoms with Crippen LogP contribution in [0.5, 0.6) is 0 Å².